The van der Waals surface area contributed by atoms with Crippen LogP contribution < -0.4 is 5.32 Å². The van der Waals surface area contributed by atoms with Gasteiger partial charge in [0.25, 0.3) is 0 Å². The third kappa shape index (κ3) is 6.01. The van der Waals surface area contributed by atoms with Gasteiger partial charge < -0.3 is 15.1 Å². The van der Waals surface area contributed by atoms with Crippen LogP contribution in [0, 0.1) is 5.82 Å². The first-order chi connectivity index (χ1) is 13.1. The van der Waals surface area contributed by atoms with E-state index in [1.165, 1.54) is 12.5 Å². The highest BCUT2D eigenvalue weighted by Crippen LogP contribution is 2.13. The molecule has 148 valence electrons. The first-order valence-corrected chi connectivity index (χ1v) is 9.89. The molecule has 0 saturated carbocycles. The van der Waals surface area contributed by atoms with E-state index >= 15 is 0 Å². The number of hydrogen-bond donors (Lipinski definition) is 1. The third-order valence-electron chi connectivity index (χ3n) is 5.34. The van der Waals surface area contributed by atoms with Gasteiger partial charge in [0.15, 0.2) is 0 Å². The van der Waals surface area contributed by atoms with E-state index in [4.69, 9.17) is 0 Å². The molecule has 27 heavy (non-hydrogen) atoms. The Morgan fingerprint density at radius 2 is 1.59 bits per heavy atom. The lowest BCUT2D eigenvalue weighted by molar-refractivity contribution is -0.133. The highest BCUT2D eigenvalue weighted by Gasteiger charge is 2.23. The monoisotopic (exact) mass is 376 g/mol. The summed E-state index contributed by atoms with van der Waals surface area (Å²) in [4.78, 5) is 30.8. The fourth-order valence-corrected chi connectivity index (χ4v) is 3.64. The van der Waals surface area contributed by atoms with Gasteiger partial charge in [0.2, 0.25) is 11.8 Å². The Labute approximate surface area is 160 Å². The normalized spacial score (nSPS) is 19.1. The summed E-state index contributed by atoms with van der Waals surface area (Å²) in [5, 5.41) is 2.62. The van der Waals surface area contributed by atoms with Gasteiger partial charge in [-0.15, -0.1) is 0 Å². The number of piperidine rings is 1. The lowest BCUT2D eigenvalue weighted by Gasteiger charge is -2.36. The Kier molecular flexibility index (Phi) is 7.18. The summed E-state index contributed by atoms with van der Waals surface area (Å²) in [5.41, 5.74) is 0.226. The predicted octanol–water partition coefficient (Wildman–Crippen LogP) is 1.78. The molecule has 2 aliphatic rings. The van der Waals surface area contributed by atoms with Gasteiger partial charge in [-0.2, -0.15) is 0 Å². The molecule has 1 aromatic carbocycles. The average molecular weight is 376 g/mol. The topological polar surface area (TPSA) is 55.9 Å². The summed E-state index contributed by atoms with van der Waals surface area (Å²) >= 11 is 0. The first kappa shape index (κ1) is 19.8. The molecule has 0 atom stereocenters. The van der Waals surface area contributed by atoms with E-state index in [1.807, 2.05) is 4.90 Å². The van der Waals surface area contributed by atoms with Crippen LogP contribution in [0.4, 0.5) is 10.1 Å². The van der Waals surface area contributed by atoms with E-state index in [1.54, 1.807) is 18.2 Å². The number of carbonyl (C=O) groups excluding carboxylic acids is 2. The molecule has 0 spiro atoms. The first-order valence-electron chi connectivity index (χ1n) is 9.89. The van der Waals surface area contributed by atoms with Crippen molar-refractivity contribution in [3.05, 3.63) is 30.1 Å². The van der Waals surface area contributed by atoms with E-state index < -0.39 is 5.82 Å². The minimum atomic E-state index is -0.419. The van der Waals surface area contributed by atoms with Gasteiger partial charge in [0, 0.05) is 52.2 Å². The van der Waals surface area contributed by atoms with Gasteiger partial charge in [-0.1, -0.05) is 12.1 Å². The zero-order valence-corrected chi connectivity index (χ0v) is 15.8. The van der Waals surface area contributed by atoms with Gasteiger partial charge in [-0.05, 0) is 31.4 Å². The average Bonchev–Trinajstić information content (AvgIpc) is 2.70. The largest absolute Gasteiger partial charge is 0.342 e. The van der Waals surface area contributed by atoms with Gasteiger partial charge >= 0.3 is 0 Å². The molecule has 1 aromatic rings. The number of likely N-dealkylation sites (tertiary alicyclic amines) is 1. The molecule has 0 aromatic heterocycles. The Balaban J connectivity index is 1.34. The van der Waals surface area contributed by atoms with Crippen molar-refractivity contribution in [1.29, 1.82) is 0 Å². The number of rotatable bonds is 6. The van der Waals surface area contributed by atoms with Crippen LogP contribution in [0.2, 0.25) is 0 Å². The number of piperazine rings is 1. The van der Waals surface area contributed by atoms with Crippen molar-refractivity contribution < 1.29 is 14.0 Å². The van der Waals surface area contributed by atoms with Crippen LogP contribution in [-0.4, -0.2) is 78.9 Å². The van der Waals surface area contributed by atoms with Crippen LogP contribution in [0.15, 0.2) is 24.3 Å². The quantitative estimate of drug-likeness (QED) is 0.822. The molecule has 2 heterocycles. The maximum absolute atomic E-state index is 13.6. The molecule has 0 radical (unpaired) electrons. The maximum Gasteiger partial charge on any atom is 0.236 e. The van der Waals surface area contributed by atoms with E-state index in [0.717, 1.165) is 52.1 Å². The van der Waals surface area contributed by atoms with Crippen molar-refractivity contribution in [2.24, 2.45) is 0 Å². The molecule has 2 aliphatic heterocycles. The van der Waals surface area contributed by atoms with Crippen molar-refractivity contribution in [1.82, 2.24) is 14.7 Å². The molecule has 2 saturated heterocycles. The van der Waals surface area contributed by atoms with E-state index in [0.29, 0.717) is 19.5 Å². The van der Waals surface area contributed by atoms with Crippen molar-refractivity contribution >= 4 is 17.5 Å². The second-order valence-electron chi connectivity index (χ2n) is 7.34. The molecule has 3 rings (SSSR count). The van der Waals surface area contributed by atoms with Crippen molar-refractivity contribution in [3.63, 3.8) is 0 Å². The number of anilines is 1. The number of nitrogens with one attached hydrogen (secondary N) is 1. The molecule has 0 bridgehead atoms. The molecular formula is C20H29FN4O2. The Morgan fingerprint density at radius 1 is 0.926 bits per heavy atom. The summed E-state index contributed by atoms with van der Waals surface area (Å²) in [6.07, 6.45) is 3.80. The summed E-state index contributed by atoms with van der Waals surface area (Å²) < 4.78 is 13.6. The van der Waals surface area contributed by atoms with Crippen LogP contribution in [0.1, 0.15) is 25.7 Å². The number of benzene rings is 1. The SMILES string of the molecule is O=C(CCN1CCN(CC(=O)N2CCCCC2)CC1)Nc1ccccc1F. The summed E-state index contributed by atoms with van der Waals surface area (Å²) in [7, 11) is 0. The highest BCUT2D eigenvalue weighted by molar-refractivity contribution is 5.90. The van der Waals surface area contributed by atoms with E-state index in [-0.39, 0.29) is 17.5 Å². The van der Waals surface area contributed by atoms with Crippen LogP contribution in [0.3, 0.4) is 0 Å². The number of nitrogens with zero attached hydrogens (tertiary/aromatic N) is 3. The van der Waals surface area contributed by atoms with Crippen LogP contribution in [-0.2, 0) is 9.59 Å². The Hall–Kier alpha value is -1.99. The number of amides is 2. The summed E-state index contributed by atoms with van der Waals surface area (Å²) in [6, 6.07) is 6.19. The highest BCUT2D eigenvalue weighted by atomic mass is 19.1. The fourth-order valence-electron chi connectivity index (χ4n) is 3.64. The number of para-hydroxylation sites is 1. The Morgan fingerprint density at radius 3 is 2.30 bits per heavy atom. The molecule has 0 unspecified atom stereocenters. The van der Waals surface area contributed by atoms with Crippen LogP contribution in [0.5, 0.6) is 0 Å². The molecule has 6 nitrogen and oxygen atoms in total. The number of carbonyl (C=O) groups is 2. The third-order valence-corrected chi connectivity index (χ3v) is 5.34. The van der Waals surface area contributed by atoms with Gasteiger partial charge in [-0.25, -0.2) is 4.39 Å². The smallest absolute Gasteiger partial charge is 0.236 e. The lowest BCUT2D eigenvalue weighted by Crippen LogP contribution is -2.51. The van der Waals surface area contributed by atoms with Crippen molar-refractivity contribution in [2.45, 2.75) is 25.7 Å². The van der Waals surface area contributed by atoms with Crippen LogP contribution in [0.25, 0.3) is 0 Å². The zero-order valence-electron chi connectivity index (χ0n) is 15.8. The molecule has 7 heteroatoms. The van der Waals surface area contributed by atoms with Crippen molar-refractivity contribution in [3.8, 4) is 0 Å². The summed E-state index contributed by atoms with van der Waals surface area (Å²) in [5.74, 6) is -0.354. The standard InChI is InChI=1S/C20H29FN4O2/c21-17-6-2-3-7-18(17)22-19(26)8-11-23-12-14-24(15-13-23)16-20(27)25-9-4-1-5-10-25/h2-3,6-7H,1,4-5,8-16H2,(H,22,26). The minimum absolute atomic E-state index is 0.178. The molecule has 0 aliphatic carbocycles. The molecule has 1 N–H and O–H groups in total. The van der Waals surface area contributed by atoms with Crippen LogP contribution >= 0.6 is 0 Å². The predicted molar refractivity (Wildman–Crippen MR) is 103 cm³/mol. The maximum atomic E-state index is 13.6. The van der Waals surface area contributed by atoms with E-state index in [2.05, 4.69) is 15.1 Å². The second-order valence-corrected chi connectivity index (χ2v) is 7.34. The molecule has 2 amide bonds. The zero-order chi connectivity index (χ0) is 19.1. The Bertz CT molecular complexity index is 641. The van der Waals surface area contributed by atoms with Gasteiger partial charge in [0.05, 0.1) is 12.2 Å². The second kappa shape index (κ2) is 9.80. The summed E-state index contributed by atoms with van der Waals surface area (Å²) in [6.45, 7) is 6.32. The minimum Gasteiger partial charge on any atom is -0.342 e. The molecular weight excluding hydrogens is 347 g/mol. The number of hydrogen-bond acceptors (Lipinski definition) is 4. The van der Waals surface area contributed by atoms with E-state index in [9.17, 15) is 14.0 Å². The van der Waals surface area contributed by atoms with Gasteiger partial charge in [-0.3, -0.25) is 14.5 Å². The number of halogens is 1. The van der Waals surface area contributed by atoms with Crippen molar-refractivity contribution in [2.75, 3.05) is 57.7 Å². The lowest BCUT2D eigenvalue weighted by atomic mass is 10.1. The molecule has 2 fully saturated rings. The fraction of sp³-hybridized carbons (Fsp3) is 0.600. The van der Waals surface area contributed by atoms with Gasteiger partial charge in [0.1, 0.15) is 5.82 Å².